The van der Waals surface area contributed by atoms with Gasteiger partial charge in [0.15, 0.2) is 0 Å². The predicted octanol–water partition coefficient (Wildman–Crippen LogP) is 1.52. The van der Waals surface area contributed by atoms with Crippen LogP contribution in [-0.2, 0) is 16.1 Å². The minimum absolute atomic E-state index is 0.0681. The summed E-state index contributed by atoms with van der Waals surface area (Å²) in [7, 11) is 0. The summed E-state index contributed by atoms with van der Waals surface area (Å²) in [5.74, 6) is 0.104. The van der Waals surface area contributed by atoms with Crippen molar-refractivity contribution in [2.75, 3.05) is 32.8 Å². The topological polar surface area (TPSA) is 54.8 Å². The Balaban J connectivity index is 1.37. The highest BCUT2D eigenvalue weighted by atomic mass is 16.5. The van der Waals surface area contributed by atoms with Gasteiger partial charge in [0.2, 0.25) is 5.91 Å². The molecule has 3 heterocycles. The molecular formula is C21H25N3O3. The summed E-state index contributed by atoms with van der Waals surface area (Å²) < 4.78 is 7.44. The van der Waals surface area contributed by atoms with Gasteiger partial charge in [-0.25, -0.2) is 0 Å². The first-order valence-electron chi connectivity index (χ1n) is 9.54. The number of pyridine rings is 1. The molecule has 6 nitrogen and oxygen atoms in total. The highest BCUT2D eigenvalue weighted by Crippen LogP contribution is 2.29. The number of carbonyl (C=O) groups is 1. The maximum atomic E-state index is 12.7. The van der Waals surface area contributed by atoms with Crippen molar-refractivity contribution in [3.8, 4) is 0 Å². The number of aryl methyl sites for hydroxylation is 1. The predicted molar refractivity (Wildman–Crippen MR) is 102 cm³/mol. The van der Waals surface area contributed by atoms with Gasteiger partial charge in [-0.15, -0.1) is 0 Å². The number of fused-ring (bicyclic) bond motifs is 1. The van der Waals surface area contributed by atoms with Crippen molar-refractivity contribution in [1.82, 2.24) is 14.4 Å². The SMILES string of the molecule is O=C(CCn1ccccc1=O)N1CCN2[C@@H](COC[C@@H]2c2ccccc2)C1. The van der Waals surface area contributed by atoms with Gasteiger partial charge in [-0.2, -0.15) is 0 Å². The maximum absolute atomic E-state index is 12.7. The molecule has 0 radical (unpaired) electrons. The number of carbonyl (C=O) groups excluding carboxylic acids is 1. The van der Waals surface area contributed by atoms with E-state index in [1.54, 1.807) is 16.8 Å². The molecular weight excluding hydrogens is 342 g/mol. The molecule has 2 aliphatic rings. The molecule has 1 aromatic carbocycles. The van der Waals surface area contributed by atoms with Crippen LogP contribution in [0.1, 0.15) is 18.0 Å². The fourth-order valence-electron chi connectivity index (χ4n) is 4.05. The molecule has 0 saturated carbocycles. The molecule has 0 bridgehead atoms. The summed E-state index contributed by atoms with van der Waals surface area (Å²) in [6.07, 6.45) is 2.08. The van der Waals surface area contributed by atoms with Crippen molar-refractivity contribution in [2.24, 2.45) is 0 Å². The Labute approximate surface area is 159 Å². The first-order valence-corrected chi connectivity index (χ1v) is 9.54. The van der Waals surface area contributed by atoms with E-state index in [1.807, 2.05) is 17.0 Å². The summed E-state index contributed by atoms with van der Waals surface area (Å²) in [5, 5.41) is 0. The van der Waals surface area contributed by atoms with E-state index in [4.69, 9.17) is 4.74 Å². The van der Waals surface area contributed by atoms with Crippen molar-refractivity contribution in [3.05, 3.63) is 70.6 Å². The highest BCUT2D eigenvalue weighted by Gasteiger charge is 2.37. The third-order valence-electron chi connectivity index (χ3n) is 5.52. The zero-order valence-corrected chi connectivity index (χ0v) is 15.4. The summed E-state index contributed by atoms with van der Waals surface area (Å²) in [5.41, 5.74) is 1.20. The largest absolute Gasteiger partial charge is 0.378 e. The van der Waals surface area contributed by atoms with Crippen LogP contribution in [0.3, 0.4) is 0 Å². The van der Waals surface area contributed by atoms with Crippen LogP contribution in [0.25, 0.3) is 0 Å². The van der Waals surface area contributed by atoms with Crippen molar-refractivity contribution >= 4 is 5.91 Å². The van der Waals surface area contributed by atoms with Crippen LogP contribution in [0.5, 0.6) is 0 Å². The lowest BCUT2D eigenvalue weighted by molar-refractivity contribution is -0.140. The van der Waals surface area contributed by atoms with E-state index >= 15 is 0 Å². The quantitative estimate of drug-likeness (QED) is 0.822. The maximum Gasteiger partial charge on any atom is 0.250 e. The lowest BCUT2D eigenvalue weighted by Gasteiger charge is -2.48. The number of hydrogen-bond donors (Lipinski definition) is 0. The standard InChI is InChI=1S/C21H25N3O3/c25-20-8-4-5-10-22(20)11-9-21(26)23-12-13-24-18(14-23)15-27-16-19(24)17-6-2-1-3-7-17/h1-8,10,18-19H,9,11-16H2/t18-,19-/m1/s1. The normalized spacial score (nSPS) is 23.0. The van der Waals surface area contributed by atoms with Crippen molar-refractivity contribution in [3.63, 3.8) is 0 Å². The number of hydrogen-bond acceptors (Lipinski definition) is 4. The van der Waals surface area contributed by atoms with Crippen molar-refractivity contribution in [2.45, 2.75) is 25.0 Å². The van der Waals surface area contributed by atoms with Gasteiger partial charge in [0.1, 0.15) is 0 Å². The number of amides is 1. The van der Waals surface area contributed by atoms with E-state index in [1.165, 1.54) is 11.6 Å². The van der Waals surface area contributed by atoms with Crippen LogP contribution in [0.4, 0.5) is 0 Å². The third kappa shape index (κ3) is 3.96. The molecule has 2 aromatic rings. The van der Waals surface area contributed by atoms with Crippen LogP contribution in [0, 0.1) is 0 Å². The van der Waals surface area contributed by atoms with Crippen LogP contribution in [0.2, 0.25) is 0 Å². The number of aromatic nitrogens is 1. The number of rotatable bonds is 4. The number of morpholine rings is 1. The molecule has 0 N–H and O–H groups in total. The second kappa shape index (κ2) is 8.06. The number of benzene rings is 1. The average Bonchev–Trinajstić information content (AvgIpc) is 2.72. The van der Waals surface area contributed by atoms with Gasteiger partial charge in [-0.05, 0) is 11.6 Å². The van der Waals surface area contributed by atoms with E-state index in [9.17, 15) is 9.59 Å². The number of piperazine rings is 1. The van der Waals surface area contributed by atoms with Crippen LogP contribution < -0.4 is 5.56 Å². The first kappa shape index (κ1) is 17.9. The van der Waals surface area contributed by atoms with Crippen LogP contribution in [0.15, 0.2) is 59.5 Å². The van der Waals surface area contributed by atoms with E-state index < -0.39 is 0 Å². The lowest BCUT2D eigenvalue weighted by atomic mass is 10.00. The molecule has 2 fully saturated rings. The molecule has 4 rings (SSSR count). The van der Waals surface area contributed by atoms with Crippen LogP contribution >= 0.6 is 0 Å². The van der Waals surface area contributed by atoms with Crippen molar-refractivity contribution in [1.29, 1.82) is 0 Å². The average molecular weight is 367 g/mol. The second-order valence-electron chi connectivity index (χ2n) is 7.18. The Hall–Kier alpha value is -2.44. The number of nitrogens with zero attached hydrogens (tertiary/aromatic N) is 3. The summed E-state index contributed by atoms with van der Waals surface area (Å²) in [6, 6.07) is 16.0. The molecule has 1 amide bonds. The second-order valence-corrected chi connectivity index (χ2v) is 7.18. The Morgan fingerprint density at radius 2 is 1.85 bits per heavy atom. The molecule has 0 aliphatic carbocycles. The van der Waals surface area contributed by atoms with E-state index in [0.717, 1.165) is 13.1 Å². The number of ether oxygens (including phenoxy) is 1. The lowest BCUT2D eigenvalue weighted by Crippen LogP contribution is -2.60. The summed E-state index contributed by atoms with van der Waals surface area (Å²) in [4.78, 5) is 28.8. The molecule has 142 valence electrons. The fraction of sp³-hybridized carbons (Fsp3) is 0.429. The monoisotopic (exact) mass is 367 g/mol. The molecule has 0 spiro atoms. The van der Waals surface area contributed by atoms with Gasteiger partial charge in [0.25, 0.3) is 5.56 Å². The molecule has 27 heavy (non-hydrogen) atoms. The smallest absolute Gasteiger partial charge is 0.250 e. The molecule has 1 aromatic heterocycles. The highest BCUT2D eigenvalue weighted by molar-refractivity contribution is 5.76. The molecule has 2 atom stereocenters. The first-order chi connectivity index (χ1) is 13.2. The van der Waals surface area contributed by atoms with E-state index in [-0.39, 0.29) is 23.6 Å². The molecule has 2 aliphatic heterocycles. The van der Waals surface area contributed by atoms with Gasteiger partial charge >= 0.3 is 0 Å². The van der Waals surface area contributed by atoms with Gasteiger partial charge in [0.05, 0.1) is 25.3 Å². The Morgan fingerprint density at radius 3 is 2.67 bits per heavy atom. The Kier molecular flexibility index (Phi) is 5.36. The Bertz CT molecular complexity index is 836. The minimum Gasteiger partial charge on any atom is -0.378 e. The van der Waals surface area contributed by atoms with Crippen molar-refractivity contribution < 1.29 is 9.53 Å². The van der Waals surface area contributed by atoms with Crippen LogP contribution in [-0.4, -0.2) is 59.2 Å². The molecule has 0 unspecified atom stereocenters. The fourth-order valence-corrected chi connectivity index (χ4v) is 4.05. The Morgan fingerprint density at radius 1 is 1.04 bits per heavy atom. The third-order valence-corrected chi connectivity index (χ3v) is 5.52. The van der Waals surface area contributed by atoms with E-state index in [0.29, 0.717) is 32.7 Å². The van der Waals surface area contributed by atoms with Gasteiger partial charge < -0.3 is 14.2 Å². The molecule has 2 saturated heterocycles. The summed E-state index contributed by atoms with van der Waals surface area (Å²) >= 11 is 0. The summed E-state index contributed by atoms with van der Waals surface area (Å²) in [6.45, 7) is 4.04. The zero-order chi connectivity index (χ0) is 18.6. The van der Waals surface area contributed by atoms with Gasteiger partial charge in [-0.1, -0.05) is 36.4 Å². The van der Waals surface area contributed by atoms with Gasteiger partial charge in [0, 0.05) is 44.9 Å². The minimum atomic E-state index is -0.0681. The van der Waals surface area contributed by atoms with E-state index in [2.05, 4.69) is 29.2 Å². The molecule has 6 heteroatoms. The zero-order valence-electron chi connectivity index (χ0n) is 15.4. The van der Waals surface area contributed by atoms with Gasteiger partial charge in [-0.3, -0.25) is 14.5 Å².